The lowest BCUT2D eigenvalue weighted by atomic mass is 9.75. The SMILES string of the molecule is CC1=CC[C@@H]2CO[C@@H](c3ccc(Cl)cc3)[C@H]1C2. The average Bonchev–Trinajstić information content (AvgIpc) is 2.36. The monoisotopic (exact) mass is 248 g/mol. The van der Waals surface area contributed by atoms with Gasteiger partial charge < -0.3 is 4.74 Å². The Labute approximate surface area is 107 Å². The summed E-state index contributed by atoms with van der Waals surface area (Å²) in [4.78, 5) is 0. The van der Waals surface area contributed by atoms with Crippen molar-refractivity contribution in [3.63, 3.8) is 0 Å². The van der Waals surface area contributed by atoms with E-state index in [4.69, 9.17) is 16.3 Å². The highest BCUT2D eigenvalue weighted by atomic mass is 35.5. The third kappa shape index (κ3) is 2.14. The molecule has 0 unspecified atom stereocenters. The Morgan fingerprint density at radius 3 is 2.76 bits per heavy atom. The van der Waals surface area contributed by atoms with E-state index in [2.05, 4.69) is 25.1 Å². The molecule has 0 amide bonds. The maximum absolute atomic E-state index is 6.06. The number of rotatable bonds is 1. The van der Waals surface area contributed by atoms with Crippen molar-refractivity contribution in [2.24, 2.45) is 11.8 Å². The van der Waals surface area contributed by atoms with Crippen molar-refractivity contribution in [3.8, 4) is 0 Å². The van der Waals surface area contributed by atoms with Crippen LogP contribution in [0.2, 0.25) is 5.02 Å². The fraction of sp³-hybridized carbons (Fsp3) is 0.467. The first kappa shape index (κ1) is 11.3. The molecule has 1 nitrogen and oxygen atoms in total. The molecule has 0 saturated carbocycles. The summed E-state index contributed by atoms with van der Waals surface area (Å²) in [6.45, 7) is 3.13. The zero-order valence-electron chi connectivity index (χ0n) is 10.0. The molecule has 0 radical (unpaired) electrons. The molecule has 3 atom stereocenters. The van der Waals surface area contributed by atoms with Crippen molar-refractivity contribution in [3.05, 3.63) is 46.5 Å². The molecule has 3 rings (SSSR count). The van der Waals surface area contributed by atoms with E-state index in [1.54, 1.807) is 0 Å². The van der Waals surface area contributed by atoms with Gasteiger partial charge in [-0.25, -0.2) is 0 Å². The fourth-order valence-electron chi connectivity index (χ4n) is 2.98. The Balaban J connectivity index is 1.90. The number of fused-ring (bicyclic) bond motifs is 2. The van der Waals surface area contributed by atoms with Gasteiger partial charge in [-0.2, -0.15) is 0 Å². The number of benzene rings is 1. The highest BCUT2D eigenvalue weighted by molar-refractivity contribution is 6.30. The number of ether oxygens (including phenoxy) is 1. The highest BCUT2D eigenvalue weighted by Gasteiger charge is 2.35. The first-order valence-electron chi connectivity index (χ1n) is 6.28. The van der Waals surface area contributed by atoms with E-state index in [0.717, 1.165) is 17.5 Å². The van der Waals surface area contributed by atoms with Crippen LogP contribution in [0.1, 0.15) is 31.4 Å². The molecule has 1 aromatic carbocycles. The molecule has 2 bridgehead atoms. The van der Waals surface area contributed by atoms with E-state index < -0.39 is 0 Å². The second-order valence-electron chi connectivity index (χ2n) is 5.20. The van der Waals surface area contributed by atoms with Crippen LogP contribution in [0.5, 0.6) is 0 Å². The van der Waals surface area contributed by atoms with E-state index >= 15 is 0 Å². The van der Waals surface area contributed by atoms with Crippen LogP contribution in [-0.2, 0) is 4.74 Å². The molecule has 1 aromatic rings. The molecule has 0 aromatic heterocycles. The van der Waals surface area contributed by atoms with E-state index in [1.807, 2.05) is 12.1 Å². The van der Waals surface area contributed by atoms with Gasteiger partial charge in [0.15, 0.2) is 0 Å². The lowest BCUT2D eigenvalue weighted by Crippen LogP contribution is -2.32. The number of halogens is 1. The summed E-state index contributed by atoms with van der Waals surface area (Å²) in [6, 6.07) is 8.09. The average molecular weight is 249 g/mol. The molecule has 0 N–H and O–H groups in total. The first-order valence-corrected chi connectivity index (χ1v) is 6.65. The minimum atomic E-state index is 0.222. The zero-order chi connectivity index (χ0) is 11.8. The molecule has 1 heterocycles. The topological polar surface area (TPSA) is 9.23 Å². The Hall–Kier alpha value is -0.790. The molecule has 17 heavy (non-hydrogen) atoms. The molecule has 1 aliphatic carbocycles. The summed E-state index contributed by atoms with van der Waals surface area (Å²) in [6.07, 6.45) is 5.08. The zero-order valence-corrected chi connectivity index (χ0v) is 10.8. The van der Waals surface area contributed by atoms with Gasteiger partial charge in [0, 0.05) is 10.9 Å². The summed E-state index contributed by atoms with van der Waals surface area (Å²) in [5.74, 6) is 1.29. The van der Waals surface area contributed by atoms with E-state index in [9.17, 15) is 0 Å². The van der Waals surface area contributed by atoms with Crippen molar-refractivity contribution >= 4 is 11.6 Å². The number of hydrogen-bond donors (Lipinski definition) is 0. The normalized spacial score (nSPS) is 32.1. The van der Waals surface area contributed by atoms with Crippen LogP contribution >= 0.6 is 11.6 Å². The van der Waals surface area contributed by atoms with E-state index in [0.29, 0.717) is 5.92 Å². The molecular weight excluding hydrogens is 232 g/mol. The van der Waals surface area contributed by atoms with Crippen LogP contribution in [0.15, 0.2) is 35.9 Å². The molecule has 0 spiro atoms. The summed E-state index contributed by atoms with van der Waals surface area (Å²) >= 11 is 5.93. The van der Waals surface area contributed by atoms with Gasteiger partial charge in [0.1, 0.15) is 0 Å². The van der Waals surface area contributed by atoms with Gasteiger partial charge in [-0.1, -0.05) is 35.4 Å². The minimum absolute atomic E-state index is 0.222. The van der Waals surface area contributed by atoms with Crippen molar-refractivity contribution in [2.45, 2.75) is 25.9 Å². The second-order valence-corrected chi connectivity index (χ2v) is 5.63. The van der Waals surface area contributed by atoms with E-state index in [-0.39, 0.29) is 6.10 Å². The summed E-state index contributed by atoms with van der Waals surface area (Å²) in [5.41, 5.74) is 2.74. The Morgan fingerprint density at radius 2 is 2.00 bits per heavy atom. The largest absolute Gasteiger partial charge is 0.373 e. The third-order valence-corrected chi connectivity index (χ3v) is 4.27. The van der Waals surface area contributed by atoms with Gasteiger partial charge in [0.25, 0.3) is 0 Å². The highest BCUT2D eigenvalue weighted by Crippen LogP contribution is 2.44. The van der Waals surface area contributed by atoms with Gasteiger partial charge in [0.05, 0.1) is 12.7 Å². The maximum Gasteiger partial charge on any atom is 0.0890 e. The predicted molar refractivity (Wildman–Crippen MR) is 70.1 cm³/mol. The van der Waals surface area contributed by atoms with Gasteiger partial charge in [0.2, 0.25) is 0 Å². The summed E-state index contributed by atoms with van der Waals surface area (Å²) in [5, 5.41) is 0.790. The number of allylic oxidation sites excluding steroid dienone is 1. The quantitative estimate of drug-likeness (QED) is 0.670. The molecule has 2 aliphatic rings. The van der Waals surface area contributed by atoms with Crippen molar-refractivity contribution in [1.82, 2.24) is 0 Å². The third-order valence-electron chi connectivity index (χ3n) is 4.02. The van der Waals surface area contributed by atoms with Crippen molar-refractivity contribution in [2.75, 3.05) is 6.61 Å². The Morgan fingerprint density at radius 1 is 1.24 bits per heavy atom. The van der Waals surface area contributed by atoms with Crippen LogP contribution in [0.3, 0.4) is 0 Å². The van der Waals surface area contributed by atoms with E-state index in [1.165, 1.54) is 24.0 Å². The van der Waals surface area contributed by atoms with Crippen LogP contribution < -0.4 is 0 Å². The van der Waals surface area contributed by atoms with Crippen LogP contribution in [0.4, 0.5) is 0 Å². The van der Waals surface area contributed by atoms with Crippen LogP contribution in [0, 0.1) is 11.8 Å². The summed E-state index contributed by atoms with van der Waals surface area (Å²) < 4.78 is 6.06. The molecular formula is C15H17ClO. The summed E-state index contributed by atoms with van der Waals surface area (Å²) in [7, 11) is 0. The predicted octanol–water partition coefficient (Wildman–Crippen LogP) is 4.38. The van der Waals surface area contributed by atoms with Gasteiger partial charge in [-0.15, -0.1) is 0 Å². The van der Waals surface area contributed by atoms with Crippen molar-refractivity contribution in [1.29, 1.82) is 0 Å². The lowest BCUT2D eigenvalue weighted by Gasteiger charge is -2.40. The molecule has 90 valence electrons. The number of hydrogen-bond acceptors (Lipinski definition) is 1. The van der Waals surface area contributed by atoms with Gasteiger partial charge >= 0.3 is 0 Å². The van der Waals surface area contributed by atoms with Crippen LogP contribution in [0.25, 0.3) is 0 Å². The van der Waals surface area contributed by atoms with Crippen molar-refractivity contribution < 1.29 is 4.74 Å². The minimum Gasteiger partial charge on any atom is -0.373 e. The first-order chi connectivity index (χ1) is 8.24. The lowest BCUT2D eigenvalue weighted by molar-refractivity contribution is -0.0512. The molecule has 2 heteroatoms. The van der Waals surface area contributed by atoms with Gasteiger partial charge in [-0.05, 0) is 43.4 Å². The molecule has 1 aliphatic heterocycles. The smallest absolute Gasteiger partial charge is 0.0890 e. The maximum atomic E-state index is 6.06. The second kappa shape index (κ2) is 4.47. The Kier molecular flexibility index (Phi) is 2.97. The van der Waals surface area contributed by atoms with Crippen LogP contribution in [-0.4, -0.2) is 6.61 Å². The van der Waals surface area contributed by atoms with Gasteiger partial charge in [-0.3, -0.25) is 0 Å². The molecule has 1 fully saturated rings. The fourth-order valence-corrected chi connectivity index (χ4v) is 3.11. The molecule has 1 saturated heterocycles. The standard InChI is InChI=1S/C15H17ClO/c1-10-2-3-11-8-14(10)15(17-9-11)12-4-6-13(16)7-5-12/h2,4-7,11,14-15H,3,8-9H2,1H3/t11-,14-,15-/m0/s1. The Bertz CT molecular complexity index is 435.